The van der Waals surface area contributed by atoms with Crippen LogP contribution in [0.2, 0.25) is 0 Å². The Balaban J connectivity index is 2.00. The van der Waals surface area contributed by atoms with E-state index in [1.165, 1.54) is 5.56 Å². The monoisotopic (exact) mass is 338 g/mol. The number of hydrogen-bond donors (Lipinski definition) is 0. The molecule has 126 valence electrons. The Kier molecular flexibility index (Phi) is 4.20. The van der Waals surface area contributed by atoms with Gasteiger partial charge in [0.05, 0.1) is 17.1 Å². The molecule has 0 aliphatic carbocycles. The molecule has 3 nitrogen and oxygen atoms in total. The Bertz CT molecular complexity index is 1080. The van der Waals surface area contributed by atoms with Crippen molar-refractivity contribution in [3.8, 4) is 28.2 Å². The SMILES string of the molecule is Cc1ccc(-c2cc(-c3ccccc3)nc(=O)n2-c2ccccc2)cc1. The maximum atomic E-state index is 12.9. The minimum atomic E-state index is -0.284. The summed E-state index contributed by atoms with van der Waals surface area (Å²) in [6, 6.07) is 29.6. The smallest absolute Gasteiger partial charge is 0.260 e. The Morgan fingerprint density at radius 3 is 2.00 bits per heavy atom. The second-order valence-electron chi connectivity index (χ2n) is 6.21. The van der Waals surface area contributed by atoms with Gasteiger partial charge in [0.2, 0.25) is 0 Å². The Morgan fingerprint density at radius 1 is 0.731 bits per heavy atom. The van der Waals surface area contributed by atoms with Crippen LogP contribution in [0, 0.1) is 6.92 Å². The summed E-state index contributed by atoms with van der Waals surface area (Å²) in [6.45, 7) is 2.05. The van der Waals surface area contributed by atoms with Crippen LogP contribution in [0.3, 0.4) is 0 Å². The second kappa shape index (κ2) is 6.81. The molecule has 0 N–H and O–H groups in total. The van der Waals surface area contributed by atoms with Gasteiger partial charge in [-0.3, -0.25) is 4.57 Å². The van der Waals surface area contributed by atoms with E-state index < -0.39 is 0 Å². The van der Waals surface area contributed by atoms with Crippen molar-refractivity contribution in [2.24, 2.45) is 0 Å². The Hall–Kier alpha value is -3.46. The summed E-state index contributed by atoms with van der Waals surface area (Å²) in [7, 11) is 0. The fourth-order valence-corrected chi connectivity index (χ4v) is 3.00. The van der Waals surface area contributed by atoms with Crippen LogP contribution in [0.5, 0.6) is 0 Å². The molecule has 4 aromatic rings. The van der Waals surface area contributed by atoms with E-state index >= 15 is 0 Å². The van der Waals surface area contributed by atoms with Crippen LogP contribution in [-0.4, -0.2) is 9.55 Å². The molecule has 1 heterocycles. The molecule has 4 rings (SSSR count). The molecule has 1 aromatic heterocycles. The summed E-state index contributed by atoms with van der Waals surface area (Å²) in [5, 5.41) is 0. The average Bonchev–Trinajstić information content (AvgIpc) is 2.69. The van der Waals surface area contributed by atoms with Gasteiger partial charge in [-0.15, -0.1) is 0 Å². The third-order valence-corrected chi connectivity index (χ3v) is 4.35. The summed E-state index contributed by atoms with van der Waals surface area (Å²) in [5.41, 5.74) is 5.12. The van der Waals surface area contributed by atoms with Crippen LogP contribution in [-0.2, 0) is 0 Å². The van der Waals surface area contributed by atoms with Crippen molar-refractivity contribution in [2.45, 2.75) is 6.92 Å². The molecule has 0 atom stereocenters. The summed E-state index contributed by atoms with van der Waals surface area (Å²) in [4.78, 5) is 17.3. The van der Waals surface area contributed by atoms with Crippen molar-refractivity contribution in [3.63, 3.8) is 0 Å². The van der Waals surface area contributed by atoms with Crippen molar-refractivity contribution >= 4 is 0 Å². The van der Waals surface area contributed by atoms with Gasteiger partial charge in [0, 0.05) is 5.56 Å². The number of benzene rings is 3. The molecule has 0 fully saturated rings. The fourth-order valence-electron chi connectivity index (χ4n) is 3.00. The third-order valence-electron chi connectivity index (χ3n) is 4.35. The topological polar surface area (TPSA) is 34.9 Å². The Labute approximate surface area is 152 Å². The summed E-state index contributed by atoms with van der Waals surface area (Å²) in [6.07, 6.45) is 0. The lowest BCUT2D eigenvalue weighted by Crippen LogP contribution is -2.23. The van der Waals surface area contributed by atoms with Gasteiger partial charge >= 0.3 is 5.69 Å². The second-order valence-corrected chi connectivity index (χ2v) is 6.21. The van der Waals surface area contributed by atoms with Crippen molar-refractivity contribution < 1.29 is 0 Å². The zero-order valence-corrected chi connectivity index (χ0v) is 14.5. The van der Waals surface area contributed by atoms with Crippen LogP contribution in [0.4, 0.5) is 0 Å². The molecule has 0 unspecified atom stereocenters. The molecule has 0 amide bonds. The highest BCUT2D eigenvalue weighted by Gasteiger charge is 2.13. The van der Waals surface area contributed by atoms with Gasteiger partial charge < -0.3 is 0 Å². The standard InChI is InChI=1S/C23H18N2O/c1-17-12-14-19(15-13-17)22-16-21(18-8-4-2-5-9-18)24-23(26)25(22)20-10-6-3-7-11-20/h2-16H,1H3. The quantitative estimate of drug-likeness (QED) is 0.534. The van der Waals surface area contributed by atoms with Crippen LogP contribution >= 0.6 is 0 Å². The maximum Gasteiger partial charge on any atom is 0.353 e. The maximum absolute atomic E-state index is 12.9. The molecular weight excluding hydrogens is 320 g/mol. The highest BCUT2D eigenvalue weighted by atomic mass is 16.1. The predicted octanol–water partition coefficient (Wildman–Crippen LogP) is 4.87. The Morgan fingerprint density at radius 2 is 1.35 bits per heavy atom. The predicted molar refractivity (Wildman–Crippen MR) is 105 cm³/mol. The molecule has 3 aromatic carbocycles. The van der Waals surface area contributed by atoms with Gasteiger partial charge in [0.25, 0.3) is 0 Å². The summed E-state index contributed by atoms with van der Waals surface area (Å²) >= 11 is 0. The van der Waals surface area contributed by atoms with Crippen LogP contribution < -0.4 is 5.69 Å². The van der Waals surface area contributed by atoms with E-state index in [-0.39, 0.29) is 5.69 Å². The minimum absolute atomic E-state index is 0.284. The number of aryl methyl sites for hydroxylation is 1. The van der Waals surface area contributed by atoms with E-state index in [1.807, 2.05) is 78.9 Å². The number of aromatic nitrogens is 2. The van der Waals surface area contributed by atoms with E-state index in [9.17, 15) is 4.79 Å². The molecule has 26 heavy (non-hydrogen) atoms. The van der Waals surface area contributed by atoms with Gasteiger partial charge in [0.15, 0.2) is 0 Å². The van der Waals surface area contributed by atoms with Crippen LogP contribution in [0.25, 0.3) is 28.2 Å². The van der Waals surface area contributed by atoms with Crippen molar-refractivity contribution in [1.82, 2.24) is 9.55 Å². The normalized spacial score (nSPS) is 10.7. The highest BCUT2D eigenvalue weighted by molar-refractivity contribution is 5.69. The molecular formula is C23H18N2O. The molecule has 0 radical (unpaired) electrons. The first-order chi connectivity index (χ1) is 12.7. The van der Waals surface area contributed by atoms with Gasteiger partial charge in [-0.05, 0) is 30.7 Å². The lowest BCUT2D eigenvalue weighted by Gasteiger charge is -2.14. The van der Waals surface area contributed by atoms with E-state index in [4.69, 9.17) is 0 Å². The molecule has 3 heteroatoms. The van der Waals surface area contributed by atoms with E-state index in [0.29, 0.717) is 5.69 Å². The summed E-state index contributed by atoms with van der Waals surface area (Å²) in [5.74, 6) is 0. The van der Waals surface area contributed by atoms with Gasteiger partial charge in [-0.1, -0.05) is 78.4 Å². The van der Waals surface area contributed by atoms with Crippen molar-refractivity contribution in [2.75, 3.05) is 0 Å². The first-order valence-corrected chi connectivity index (χ1v) is 8.54. The molecule has 0 spiro atoms. The molecule has 0 aliphatic heterocycles. The van der Waals surface area contributed by atoms with Gasteiger partial charge in [-0.25, -0.2) is 4.79 Å². The van der Waals surface area contributed by atoms with Gasteiger partial charge in [0.1, 0.15) is 0 Å². The first-order valence-electron chi connectivity index (χ1n) is 8.54. The van der Waals surface area contributed by atoms with Crippen molar-refractivity contribution in [1.29, 1.82) is 0 Å². The van der Waals surface area contributed by atoms with Crippen LogP contribution in [0.15, 0.2) is 95.8 Å². The van der Waals surface area contributed by atoms with Crippen LogP contribution in [0.1, 0.15) is 5.56 Å². The largest absolute Gasteiger partial charge is 0.353 e. The number of rotatable bonds is 3. The lowest BCUT2D eigenvalue weighted by molar-refractivity contribution is 0.926. The number of hydrogen-bond acceptors (Lipinski definition) is 2. The minimum Gasteiger partial charge on any atom is -0.260 e. The van der Waals surface area contributed by atoms with E-state index in [0.717, 1.165) is 22.5 Å². The summed E-state index contributed by atoms with van der Waals surface area (Å²) < 4.78 is 1.66. The lowest BCUT2D eigenvalue weighted by atomic mass is 10.1. The number of nitrogens with zero attached hydrogens (tertiary/aromatic N) is 2. The van der Waals surface area contributed by atoms with Gasteiger partial charge in [-0.2, -0.15) is 4.98 Å². The highest BCUT2D eigenvalue weighted by Crippen LogP contribution is 2.25. The van der Waals surface area contributed by atoms with E-state index in [1.54, 1.807) is 4.57 Å². The zero-order valence-electron chi connectivity index (χ0n) is 14.5. The van der Waals surface area contributed by atoms with Crippen molar-refractivity contribution in [3.05, 3.63) is 107 Å². The molecule has 0 saturated carbocycles. The van der Waals surface area contributed by atoms with E-state index in [2.05, 4.69) is 24.0 Å². The fraction of sp³-hybridized carbons (Fsp3) is 0.0435. The number of para-hydroxylation sites is 1. The molecule has 0 saturated heterocycles. The zero-order chi connectivity index (χ0) is 17.9. The average molecular weight is 338 g/mol. The molecule has 0 bridgehead atoms. The molecule has 0 aliphatic rings. The first kappa shape index (κ1) is 16.0. The third kappa shape index (κ3) is 3.07.